The molecule has 2 heteroatoms. The van der Waals surface area contributed by atoms with Gasteiger partial charge in [-0.3, -0.25) is 0 Å². The van der Waals surface area contributed by atoms with Crippen LogP contribution in [0.1, 0.15) is 0 Å². The molecule has 28 heavy (non-hydrogen) atoms. The van der Waals surface area contributed by atoms with Gasteiger partial charge in [-0.25, -0.2) is 0 Å². The van der Waals surface area contributed by atoms with Crippen LogP contribution in [0.5, 0.6) is 0 Å². The Hall–Kier alpha value is -3.10. The lowest BCUT2D eigenvalue weighted by Crippen LogP contribution is -1.94. The van der Waals surface area contributed by atoms with Gasteiger partial charge in [0, 0.05) is 26.3 Å². The summed E-state index contributed by atoms with van der Waals surface area (Å²) in [6.45, 7) is 0. The Balaban J connectivity index is 2.02. The van der Waals surface area contributed by atoms with Gasteiger partial charge < -0.3 is 4.57 Å². The normalized spacial score (nSPS) is 11.8. The van der Waals surface area contributed by atoms with E-state index in [0.29, 0.717) is 0 Å². The summed E-state index contributed by atoms with van der Waals surface area (Å²) in [7, 11) is 0. The Morgan fingerprint density at radius 2 is 1.14 bits per heavy atom. The SMILES string of the molecule is Brc1ccc2c3c4ccccc4c4ccccc4c3n(-c3ccccc3)c2c1. The van der Waals surface area contributed by atoms with Gasteiger partial charge in [0.15, 0.2) is 0 Å². The molecule has 1 aromatic heterocycles. The van der Waals surface area contributed by atoms with E-state index < -0.39 is 0 Å². The minimum Gasteiger partial charge on any atom is -0.309 e. The number of aromatic nitrogens is 1. The second-order valence-corrected chi connectivity index (χ2v) is 8.06. The zero-order valence-corrected chi connectivity index (χ0v) is 16.6. The van der Waals surface area contributed by atoms with Crippen LogP contribution < -0.4 is 0 Å². The van der Waals surface area contributed by atoms with Crippen molar-refractivity contribution in [1.82, 2.24) is 4.57 Å². The molecule has 0 spiro atoms. The second-order valence-electron chi connectivity index (χ2n) is 7.15. The van der Waals surface area contributed by atoms with E-state index in [0.717, 1.165) is 4.47 Å². The molecule has 6 rings (SSSR count). The van der Waals surface area contributed by atoms with E-state index >= 15 is 0 Å². The lowest BCUT2D eigenvalue weighted by atomic mass is 9.97. The molecule has 0 aliphatic heterocycles. The lowest BCUT2D eigenvalue weighted by Gasteiger charge is -2.12. The quantitative estimate of drug-likeness (QED) is 0.238. The van der Waals surface area contributed by atoms with Crippen molar-refractivity contribution < 1.29 is 0 Å². The zero-order chi connectivity index (χ0) is 18.7. The summed E-state index contributed by atoms with van der Waals surface area (Å²) in [4.78, 5) is 0. The molecule has 0 radical (unpaired) electrons. The van der Waals surface area contributed by atoms with Crippen LogP contribution in [0.3, 0.4) is 0 Å². The monoisotopic (exact) mass is 421 g/mol. The lowest BCUT2D eigenvalue weighted by molar-refractivity contribution is 1.19. The first-order chi connectivity index (χ1) is 13.8. The van der Waals surface area contributed by atoms with Crippen molar-refractivity contribution in [2.75, 3.05) is 0 Å². The van der Waals surface area contributed by atoms with Gasteiger partial charge in [0.2, 0.25) is 0 Å². The van der Waals surface area contributed by atoms with Crippen molar-refractivity contribution in [3.05, 3.63) is 102 Å². The standard InChI is InChI=1S/C26H16BrN/c27-17-14-15-23-24(16-17)28(18-8-2-1-3-9-18)26-22-13-7-5-11-20(22)19-10-4-6-12-21(19)25(23)26/h1-16H. The van der Waals surface area contributed by atoms with E-state index in [1.165, 1.54) is 49.0 Å². The molecule has 0 bridgehead atoms. The van der Waals surface area contributed by atoms with Crippen molar-refractivity contribution in [2.45, 2.75) is 0 Å². The van der Waals surface area contributed by atoms with Gasteiger partial charge in [0.25, 0.3) is 0 Å². The summed E-state index contributed by atoms with van der Waals surface area (Å²) in [5.74, 6) is 0. The van der Waals surface area contributed by atoms with Crippen molar-refractivity contribution in [2.24, 2.45) is 0 Å². The average molecular weight is 422 g/mol. The summed E-state index contributed by atoms with van der Waals surface area (Å²) in [5.41, 5.74) is 3.67. The molecule has 0 atom stereocenters. The molecule has 6 aromatic rings. The number of rotatable bonds is 1. The molecule has 0 unspecified atom stereocenters. The number of fused-ring (bicyclic) bond motifs is 8. The molecule has 0 aliphatic rings. The number of halogens is 1. The Bertz CT molecular complexity index is 1510. The maximum Gasteiger partial charge on any atom is 0.0625 e. The molecular weight excluding hydrogens is 406 g/mol. The van der Waals surface area contributed by atoms with Crippen LogP contribution in [0, 0.1) is 0 Å². The van der Waals surface area contributed by atoms with Crippen LogP contribution in [0.2, 0.25) is 0 Å². The first-order valence-corrected chi connectivity index (χ1v) is 10.2. The summed E-state index contributed by atoms with van der Waals surface area (Å²) in [5, 5.41) is 7.79. The Morgan fingerprint density at radius 1 is 0.536 bits per heavy atom. The molecule has 0 saturated carbocycles. The molecule has 0 N–H and O–H groups in total. The third-order valence-electron chi connectivity index (χ3n) is 5.61. The van der Waals surface area contributed by atoms with Crippen LogP contribution in [-0.2, 0) is 0 Å². The predicted octanol–water partition coefficient (Wildman–Crippen LogP) is 7.85. The first-order valence-electron chi connectivity index (χ1n) is 9.41. The van der Waals surface area contributed by atoms with E-state index in [9.17, 15) is 0 Å². The summed E-state index contributed by atoms with van der Waals surface area (Å²) < 4.78 is 3.50. The van der Waals surface area contributed by atoms with Crippen molar-refractivity contribution in [1.29, 1.82) is 0 Å². The Kier molecular flexibility index (Phi) is 3.38. The van der Waals surface area contributed by atoms with Gasteiger partial charge in [-0.1, -0.05) is 88.7 Å². The molecule has 1 nitrogen and oxygen atoms in total. The smallest absolute Gasteiger partial charge is 0.0625 e. The minimum atomic E-state index is 1.09. The largest absolute Gasteiger partial charge is 0.309 e. The highest BCUT2D eigenvalue weighted by atomic mass is 79.9. The molecule has 0 aliphatic carbocycles. The third kappa shape index (κ3) is 2.12. The van der Waals surface area contributed by atoms with Crippen LogP contribution in [0.4, 0.5) is 0 Å². The molecule has 0 fully saturated rings. The molecule has 1 heterocycles. The van der Waals surface area contributed by atoms with Gasteiger partial charge in [0.05, 0.1) is 11.0 Å². The van der Waals surface area contributed by atoms with Gasteiger partial charge in [-0.05, 0) is 40.4 Å². The van der Waals surface area contributed by atoms with E-state index in [1.807, 2.05) is 0 Å². The molecule has 0 amide bonds. The highest BCUT2D eigenvalue weighted by molar-refractivity contribution is 9.10. The number of para-hydroxylation sites is 1. The van der Waals surface area contributed by atoms with E-state index in [2.05, 4.69) is 118 Å². The number of nitrogens with zero attached hydrogens (tertiary/aromatic N) is 1. The van der Waals surface area contributed by atoms with E-state index in [-0.39, 0.29) is 0 Å². The summed E-state index contributed by atoms with van der Waals surface area (Å²) in [6, 6.07) is 34.8. The van der Waals surface area contributed by atoms with Crippen LogP contribution in [0.15, 0.2) is 102 Å². The zero-order valence-electron chi connectivity index (χ0n) is 15.1. The second kappa shape index (κ2) is 5.95. The number of benzene rings is 5. The fourth-order valence-electron chi connectivity index (χ4n) is 4.49. The van der Waals surface area contributed by atoms with Crippen molar-refractivity contribution in [3.63, 3.8) is 0 Å². The number of hydrogen-bond acceptors (Lipinski definition) is 0. The van der Waals surface area contributed by atoms with Crippen LogP contribution in [-0.4, -0.2) is 4.57 Å². The van der Waals surface area contributed by atoms with E-state index in [4.69, 9.17) is 0 Å². The first kappa shape index (κ1) is 15.9. The highest BCUT2D eigenvalue weighted by Gasteiger charge is 2.18. The predicted molar refractivity (Wildman–Crippen MR) is 123 cm³/mol. The minimum absolute atomic E-state index is 1.09. The molecular formula is C26H16BrN. The summed E-state index contributed by atoms with van der Waals surface area (Å²) >= 11 is 3.68. The van der Waals surface area contributed by atoms with Gasteiger partial charge in [-0.2, -0.15) is 0 Å². The summed E-state index contributed by atoms with van der Waals surface area (Å²) in [6.07, 6.45) is 0. The fraction of sp³-hybridized carbons (Fsp3) is 0. The maximum absolute atomic E-state index is 3.68. The van der Waals surface area contributed by atoms with Gasteiger partial charge in [0.1, 0.15) is 0 Å². The Morgan fingerprint density at radius 3 is 1.89 bits per heavy atom. The average Bonchev–Trinajstić information content (AvgIpc) is 3.09. The van der Waals surface area contributed by atoms with Gasteiger partial charge >= 0.3 is 0 Å². The van der Waals surface area contributed by atoms with Gasteiger partial charge in [-0.15, -0.1) is 0 Å². The number of hydrogen-bond donors (Lipinski definition) is 0. The molecule has 132 valence electrons. The third-order valence-corrected chi connectivity index (χ3v) is 6.11. The molecule has 0 saturated heterocycles. The van der Waals surface area contributed by atoms with Crippen LogP contribution >= 0.6 is 15.9 Å². The molecule has 5 aromatic carbocycles. The highest BCUT2D eigenvalue weighted by Crippen LogP contribution is 2.42. The maximum atomic E-state index is 3.68. The topological polar surface area (TPSA) is 4.93 Å². The van der Waals surface area contributed by atoms with Crippen molar-refractivity contribution >= 4 is 59.3 Å². The van der Waals surface area contributed by atoms with Crippen LogP contribution in [0.25, 0.3) is 49.0 Å². The Labute approximate surface area is 171 Å². The van der Waals surface area contributed by atoms with E-state index in [1.54, 1.807) is 0 Å². The van der Waals surface area contributed by atoms with Crippen molar-refractivity contribution in [3.8, 4) is 5.69 Å². The fourth-order valence-corrected chi connectivity index (χ4v) is 4.84.